The summed E-state index contributed by atoms with van der Waals surface area (Å²) in [5.41, 5.74) is 6.72. The van der Waals surface area contributed by atoms with Crippen molar-refractivity contribution in [3.63, 3.8) is 0 Å². The van der Waals surface area contributed by atoms with Gasteiger partial charge in [0.05, 0.1) is 12.8 Å². The number of nitrogens with two attached hydrogens (primary N) is 1. The molecule has 2 heterocycles. The van der Waals surface area contributed by atoms with E-state index in [0.717, 1.165) is 25.2 Å². The van der Waals surface area contributed by atoms with Crippen LogP contribution in [-0.2, 0) is 17.8 Å². The Labute approximate surface area is 106 Å². The SMILES string of the molecule is CCn1cc(CN2CCOC(/C(N)=N/O)C2)cn1. The van der Waals surface area contributed by atoms with Gasteiger partial charge in [-0.3, -0.25) is 9.58 Å². The van der Waals surface area contributed by atoms with Crippen molar-refractivity contribution in [1.82, 2.24) is 14.7 Å². The molecule has 1 atom stereocenters. The van der Waals surface area contributed by atoms with E-state index in [0.29, 0.717) is 13.2 Å². The topological polar surface area (TPSA) is 88.9 Å². The molecule has 0 aliphatic carbocycles. The molecule has 1 aliphatic heterocycles. The van der Waals surface area contributed by atoms with Crippen LogP contribution in [0.4, 0.5) is 0 Å². The first-order chi connectivity index (χ1) is 8.72. The molecule has 1 aromatic rings. The van der Waals surface area contributed by atoms with Crippen LogP contribution in [0, 0.1) is 0 Å². The van der Waals surface area contributed by atoms with Crippen LogP contribution in [0.2, 0.25) is 0 Å². The minimum absolute atomic E-state index is 0.129. The van der Waals surface area contributed by atoms with Gasteiger partial charge in [0, 0.05) is 37.9 Å². The summed E-state index contributed by atoms with van der Waals surface area (Å²) < 4.78 is 7.35. The predicted octanol–water partition coefficient (Wildman–Crippen LogP) is -0.150. The molecule has 7 heteroatoms. The number of aryl methyl sites for hydroxylation is 1. The maximum Gasteiger partial charge on any atom is 0.169 e. The lowest BCUT2D eigenvalue weighted by Crippen LogP contribution is -2.48. The number of morpholine rings is 1. The molecule has 0 amide bonds. The van der Waals surface area contributed by atoms with E-state index in [4.69, 9.17) is 15.7 Å². The molecule has 0 aromatic carbocycles. The van der Waals surface area contributed by atoms with Crippen LogP contribution in [0.5, 0.6) is 0 Å². The third-order valence-corrected chi connectivity index (χ3v) is 3.01. The van der Waals surface area contributed by atoms with Gasteiger partial charge in [-0.05, 0) is 6.92 Å². The minimum Gasteiger partial charge on any atom is -0.409 e. The Bertz CT molecular complexity index is 417. The Balaban J connectivity index is 1.93. The van der Waals surface area contributed by atoms with Crippen LogP contribution in [0.25, 0.3) is 0 Å². The van der Waals surface area contributed by atoms with Crippen LogP contribution in [0.15, 0.2) is 17.5 Å². The number of oxime groups is 1. The van der Waals surface area contributed by atoms with E-state index in [2.05, 4.69) is 22.1 Å². The number of amidine groups is 1. The van der Waals surface area contributed by atoms with Crippen molar-refractivity contribution in [3.05, 3.63) is 18.0 Å². The van der Waals surface area contributed by atoms with E-state index in [-0.39, 0.29) is 11.9 Å². The molecule has 100 valence electrons. The van der Waals surface area contributed by atoms with Crippen molar-refractivity contribution in [2.75, 3.05) is 19.7 Å². The number of ether oxygens (including phenoxy) is 1. The Morgan fingerprint density at radius 2 is 2.56 bits per heavy atom. The third-order valence-electron chi connectivity index (χ3n) is 3.01. The van der Waals surface area contributed by atoms with E-state index >= 15 is 0 Å². The van der Waals surface area contributed by atoms with Crippen LogP contribution in [0.3, 0.4) is 0 Å². The smallest absolute Gasteiger partial charge is 0.169 e. The number of aromatic nitrogens is 2. The Hall–Kier alpha value is -1.60. The first-order valence-corrected chi connectivity index (χ1v) is 6.05. The van der Waals surface area contributed by atoms with Crippen molar-refractivity contribution < 1.29 is 9.94 Å². The van der Waals surface area contributed by atoms with Crippen molar-refractivity contribution in [3.8, 4) is 0 Å². The first kappa shape index (κ1) is 12.8. The van der Waals surface area contributed by atoms with Crippen molar-refractivity contribution in [1.29, 1.82) is 0 Å². The molecule has 2 rings (SSSR count). The predicted molar refractivity (Wildman–Crippen MR) is 66.3 cm³/mol. The molecule has 1 unspecified atom stereocenters. The summed E-state index contributed by atoms with van der Waals surface area (Å²) in [6.45, 7) is 5.79. The van der Waals surface area contributed by atoms with Gasteiger partial charge in [-0.25, -0.2) is 0 Å². The lowest BCUT2D eigenvalue weighted by Gasteiger charge is -2.31. The second-order valence-corrected chi connectivity index (χ2v) is 4.32. The standard InChI is InChI=1S/C11H19N5O2/c1-2-16-7-9(5-13-16)6-15-3-4-18-10(8-15)11(12)14-17/h5,7,10,17H,2-4,6,8H2,1H3,(H2,12,14). The lowest BCUT2D eigenvalue weighted by atomic mass is 10.2. The normalized spacial score (nSPS) is 22.3. The second kappa shape index (κ2) is 5.83. The Morgan fingerprint density at radius 1 is 1.72 bits per heavy atom. The summed E-state index contributed by atoms with van der Waals surface area (Å²) in [4.78, 5) is 2.21. The van der Waals surface area contributed by atoms with E-state index in [1.54, 1.807) is 0 Å². The highest BCUT2D eigenvalue weighted by molar-refractivity contribution is 5.84. The highest BCUT2D eigenvalue weighted by atomic mass is 16.5. The van der Waals surface area contributed by atoms with Crippen LogP contribution in [0.1, 0.15) is 12.5 Å². The third kappa shape index (κ3) is 2.99. The monoisotopic (exact) mass is 253 g/mol. The van der Waals surface area contributed by atoms with Crippen LogP contribution >= 0.6 is 0 Å². The van der Waals surface area contributed by atoms with E-state index in [1.807, 2.05) is 17.1 Å². The molecule has 3 N–H and O–H groups in total. The molecule has 18 heavy (non-hydrogen) atoms. The average molecular weight is 253 g/mol. The molecular formula is C11H19N5O2. The number of nitrogens with zero attached hydrogens (tertiary/aromatic N) is 4. The number of hydrogen-bond donors (Lipinski definition) is 2. The van der Waals surface area contributed by atoms with Gasteiger partial charge < -0.3 is 15.7 Å². The molecule has 7 nitrogen and oxygen atoms in total. The quantitative estimate of drug-likeness (QED) is 0.337. The fraction of sp³-hybridized carbons (Fsp3) is 0.636. The van der Waals surface area contributed by atoms with Crippen molar-refractivity contribution in [2.24, 2.45) is 10.9 Å². The largest absolute Gasteiger partial charge is 0.409 e. The van der Waals surface area contributed by atoms with E-state index in [1.165, 1.54) is 0 Å². The zero-order valence-electron chi connectivity index (χ0n) is 10.5. The summed E-state index contributed by atoms with van der Waals surface area (Å²) in [6.07, 6.45) is 3.58. The fourth-order valence-corrected chi connectivity index (χ4v) is 2.01. The molecule has 1 fully saturated rings. The van der Waals surface area contributed by atoms with Gasteiger partial charge in [-0.2, -0.15) is 5.10 Å². The molecule has 1 saturated heterocycles. The maximum atomic E-state index is 8.65. The summed E-state index contributed by atoms with van der Waals surface area (Å²) in [7, 11) is 0. The van der Waals surface area contributed by atoms with Gasteiger partial charge in [-0.15, -0.1) is 0 Å². The molecule has 0 radical (unpaired) electrons. The molecule has 1 aromatic heterocycles. The lowest BCUT2D eigenvalue weighted by molar-refractivity contribution is 0.00140. The van der Waals surface area contributed by atoms with Gasteiger partial charge in [0.2, 0.25) is 0 Å². The van der Waals surface area contributed by atoms with Gasteiger partial charge >= 0.3 is 0 Å². The average Bonchev–Trinajstić information content (AvgIpc) is 2.86. The zero-order valence-corrected chi connectivity index (χ0v) is 10.5. The maximum absolute atomic E-state index is 8.65. The number of hydrogen-bond acceptors (Lipinski definition) is 5. The summed E-state index contributed by atoms with van der Waals surface area (Å²) in [6, 6.07) is 0. The van der Waals surface area contributed by atoms with Crippen molar-refractivity contribution >= 4 is 5.84 Å². The first-order valence-electron chi connectivity index (χ1n) is 6.05. The molecular weight excluding hydrogens is 234 g/mol. The highest BCUT2D eigenvalue weighted by Crippen LogP contribution is 2.10. The van der Waals surface area contributed by atoms with Gasteiger partial charge in [-0.1, -0.05) is 5.16 Å². The van der Waals surface area contributed by atoms with Gasteiger partial charge in [0.15, 0.2) is 5.84 Å². The second-order valence-electron chi connectivity index (χ2n) is 4.32. The van der Waals surface area contributed by atoms with Gasteiger partial charge in [0.25, 0.3) is 0 Å². The fourth-order valence-electron chi connectivity index (χ4n) is 2.01. The van der Waals surface area contributed by atoms with Crippen LogP contribution in [-0.4, -0.2) is 51.5 Å². The highest BCUT2D eigenvalue weighted by Gasteiger charge is 2.24. The molecule has 0 saturated carbocycles. The number of rotatable bonds is 4. The Morgan fingerprint density at radius 3 is 3.22 bits per heavy atom. The molecule has 0 bridgehead atoms. The Kier molecular flexibility index (Phi) is 4.16. The molecule has 1 aliphatic rings. The van der Waals surface area contributed by atoms with Crippen LogP contribution < -0.4 is 5.73 Å². The summed E-state index contributed by atoms with van der Waals surface area (Å²) >= 11 is 0. The van der Waals surface area contributed by atoms with Gasteiger partial charge in [0.1, 0.15) is 6.10 Å². The molecule has 0 spiro atoms. The zero-order chi connectivity index (χ0) is 13.0. The van der Waals surface area contributed by atoms with E-state index < -0.39 is 0 Å². The summed E-state index contributed by atoms with van der Waals surface area (Å²) in [5.74, 6) is 0.129. The summed E-state index contributed by atoms with van der Waals surface area (Å²) in [5, 5.41) is 15.9. The minimum atomic E-state index is -0.329. The van der Waals surface area contributed by atoms with E-state index in [9.17, 15) is 0 Å². The van der Waals surface area contributed by atoms with Crippen molar-refractivity contribution in [2.45, 2.75) is 26.1 Å².